The van der Waals surface area contributed by atoms with E-state index in [4.69, 9.17) is 11.5 Å². The second-order valence-electron chi connectivity index (χ2n) is 9.42. The third kappa shape index (κ3) is 10.4. The molecule has 12 heteroatoms. The number of carbonyl (C=O) groups excluding carboxylic acids is 3. The van der Waals surface area contributed by atoms with Gasteiger partial charge in [0.05, 0.1) is 6.04 Å². The minimum atomic E-state index is -1.16. The topological polar surface area (TPSA) is 201 Å². The van der Waals surface area contributed by atoms with Crippen LogP contribution in [0.25, 0.3) is 0 Å². The Morgan fingerprint density at radius 3 is 2.18 bits per heavy atom. The highest BCUT2D eigenvalue weighted by atomic mass is 16.4. The second-order valence-corrected chi connectivity index (χ2v) is 9.42. The number of carbonyl (C=O) groups is 4. The summed E-state index contributed by atoms with van der Waals surface area (Å²) < 4.78 is 0. The van der Waals surface area contributed by atoms with Gasteiger partial charge in [-0.1, -0.05) is 27.7 Å². The van der Waals surface area contributed by atoms with Crippen molar-refractivity contribution < 1.29 is 24.3 Å². The van der Waals surface area contributed by atoms with Crippen molar-refractivity contribution in [2.45, 2.75) is 84.0 Å². The molecule has 3 amide bonds. The van der Waals surface area contributed by atoms with Crippen molar-refractivity contribution in [1.82, 2.24) is 21.3 Å². The fourth-order valence-electron chi connectivity index (χ4n) is 3.70. The van der Waals surface area contributed by atoms with Crippen LogP contribution in [0.5, 0.6) is 0 Å². The molecule has 0 bridgehead atoms. The van der Waals surface area contributed by atoms with Crippen LogP contribution in [0, 0.1) is 11.8 Å². The molecule has 0 aromatic rings. The highest BCUT2D eigenvalue weighted by molar-refractivity contribution is 5.94. The molecule has 9 N–H and O–H groups in total. The zero-order chi connectivity index (χ0) is 25.8. The maximum Gasteiger partial charge on any atom is 0.326 e. The van der Waals surface area contributed by atoms with Gasteiger partial charge in [-0.15, -0.1) is 0 Å². The number of hydrogen-bond acceptors (Lipinski definition) is 6. The first kappa shape index (κ1) is 29.1. The largest absolute Gasteiger partial charge is 0.480 e. The van der Waals surface area contributed by atoms with E-state index in [0.717, 1.165) is 13.0 Å². The average molecular weight is 484 g/mol. The van der Waals surface area contributed by atoms with Crippen LogP contribution in [0.1, 0.15) is 59.8 Å². The summed E-state index contributed by atoms with van der Waals surface area (Å²) >= 11 is 0. The van der Waals surface area contributed by atoms with Gasteiger partial charge in [-0.3, -0.25) is 19.4 Å². The van der Waals surface area contributed by atoms with Gasteiger partial charge in [0.15, 0.2) is 5.96 Å². The Labute approximate surface area is 201 Å². The van der Waals surface area contributed by atoms with Gasteiger partial charge in [0, 0.05) is 6.54 Å². The molecule has 1 saturated heterocycles. The van der Waals surface area contributed by atoms with Crippen molar-refractivity contribution in [3.63, 3.8) is 0 Å². The number of nitrogens with two attached hydrogens (primary N) is 2. The molecule has 1 heterocycles. The first-order valence-corrected chi connectivity index (χ1v) is 11.8. The number of rotatable bonds is 14. The fourth-order valence-corrected chi connectivity index (χ4v) is 3.70. The Morgan fingerprint density at radius 1 is 1.03 bits per heavy atom. The third-order valence-electron chi connectivity index (χ3n) is 5.53. The van der Waals surface area contributed by atoms with Crippen LogP contribution in [-0.2, 0) is 19.2 Å². The second kappa shape index (κ2) is 14.4. The summed E-state index contributed by atoms with van der Waals surface area (Å²) in [6, 6.07) is -3.30. The molecule has 1 aliphatic rings. The molecular formula is C22H41N7O5. The molecule has 1 rings (SSSR count). The van der Waals surface area contributed by atoms with Gasteiger partial charge in [-0.05, 0) is 50.5 Å². The normalized spacial score (nSPS) is 18.1. The molecule has 0 spiro atoms. The number of carboxylic acid groups (broad SMARTS) is 1. The van der Waals surface area contributed by atoms with Crippen molar-refractivity contribution in [3.05, 3.63) is 0 Å². The first-order chi connectivity index (χ1) is 15.9. The summed E-state index contributed by atoms with van der Waals surface area (Å²) in [5, 5.41) is 20.5. The Hall–Kier alpha value is -2.89. The van der Waals surface area contributed by atoms with Crippen molar-refractivity contribution in [2.75, 3.05) is 13.1 Å². The summed E-state index contributed by atoms with van der Waals surface area (Å²) in [6.45, 7) is 8.21. The van der Waals surface area contributed by atoms with Crippen LogP contribution in [-0.4, -0.2) is 72.0 Å². The minimum absolute atomic E-state index is 0.0870. The Balaban J connectivity index is 2.96. The molecule has 12 nitrogen and oxygen atoms in total. The van der Waals surface area contributed by atoms with Crippen molar-refractivity contribution >= 4 is 29.7 Å². The molecule has 4 atom stereocenters. The smallest absolute Gasteiger partial charge is 0.326 e. The average Bonchev–Trinajstić information content (AvgIpc) is 3.27. The molecular weight excluding hydrogens is 442 g/mol. The predicted molar refractivity (Wildman–Crippen MR) is 129 cm³/mol. The molecule has 0 aromatic carbocycles. The van der Waals surface area contributed by atoms with E-state index >= 15 is 0 Å². The van der Waals surface area contributed by atoms with E-state index in [1.165, 1.54) is 0 Å². The Kier molecular flexibility index (Phi) is 12.3. The van der Waals surface area contributed by atoms with Crippen LogP contribution in [0.2, 0.25) is 0 Å². The molecule has 1 aliphatic heterocycles. The van der Waals surface area contributed by atoms with E-state index in [1.54, 1.807) is 13.8 Å². The summed E-state index contributed by atoms with van der Waals surface area (Å²) in [6.07, 6.45) is 2.53. The number of aliphatic imine (C=N–C) groups is 1. The van der Waals surface area contributed by atoms with Gasteiger partial charge in [0.2, 0.25) is 17.7 Å². The highest BCUT2D eigenvalue weighted by Gasteiger charge is 2.32. The molecule has 0 aliphatic carbocycles. The maximum absolute atomic E-state index is 13.1. The van der Waals surface area contributed by atoms with Gasteiger partial charge >= 0.3 is 5.97 Å². The van der Waals surface area contributed by atoms with Crippen LogP contribution in [0.3, 0.4) is 0 Å². The summed E-state index contributed by atoms with van der Waals surface area (Å²) in [5.74, 6) is -2.87. The summed E-state index contributed by atoms with van der Waals surface area (Å²) in [4.78, 5) is 54.1. The summed E-state index contributed by atoms with van der Waals surface area (Å²) in [5.41, 5.74) is 10.7. The Morgan fingerprint density at radius 2 is 1.68 bits per heavy atom. The quantitative estimate of drug-likeness (QED) is 0.0929. The lowest BCUT2D eigenvalue weighted by atomic mass is 10.0. The van der Waals surface area contributed by atoms with Crippen LogP contribution < -0.4 is 32.7 Å². The van der Waals surface area contributed by atoms with E-state index in [-0.39, 0.29) is 42.7 Å². The highest BCUT2D eigenvalue weighted by Crippen LogP contribution is 2.10. The standard InChI is InChI=1S/C22H41N7O5/c1-12(2)11-16(28-18(30)14-7-5-9-25-14)20(32)27-15(8-6-10-26-22(23)24)19(31)29-17(13(3)4)21(33)34/h12-17,25H,5-11H2,1-4H3,(H,27,32)(H,28,30)(H,29,31)(H,33,34)(H4,23,24,26). The van der Waals surface area contributed by atoms with Crippen molar-refractivity contribution in [2.24, 2.45) is 28.3 Å². The minimum Gasteiger partial charge on any atom is -0.480 e. The van der Waals surface area contributed by atoms with Gasteiger partial charge in [0.25, 0.3) is 0 Å². The van der Waals surface area contributed by atoms with E-state index in [9.17, 15) is 24.3 Å². The van der Waals surface area contributed by atoms with Crippen molar-refractivity contribution in [1.29, 1.82) is 0 Å². The molecule has 0 aromatic heterocycles. The Bertz CT molecular complexity index is 731. The number of carboxylic acids is 1. The van der Waals surface area contributed by atoms with E-state index in [0.29, 0.717) is 19.3 Å². The van der Waals surface area contributed by atoms with Gasteiger partial charge in [0.1, 0.15) is 18.1 Å². The zero-order valence-electron chi connectivity index (χ0n) is 20.6. The zero-order valence-corrected chi connectivity index (χ0v) is 20.6. The number of nitrogens with zero attached hydrogens (tertiary/aromatic N) is 1. The van der Waals surface area contributed by atoms with Crippen LogP contribution in [0.4, 0.5) is 0 Å². The van der Waals surface area contributed by atoms with Gasteiger partial charge in [-0.25, -0.2) is 4.79 Å². The molecule has 0 radical (unpaired) electrons. The molecule has 0 saturated carbocycles. The third-order valence-corrected chi connectivity index (χ3v) is 5.53. The SMILES string of the molecule is CC(C)CC(NC(=O)C1CCCN1)C(=O)NC(CCCN=C(N)N)C(=O)NC(C(=O)O)C(C)C. The van der Waals surface area contributed by atoms with E-state index in [1.807, 2.05) is 13.8 Å². The van der Waals surface area contributed by atoms with Gasteiger partial charge in [-0.2, -0.15) is 0 Å². The maximum atomic E-state index is 13.1. The lowest BCUT2D eigenvalue weighted by Crippen LogP contribution is -2.57. The number of hydrogen-bond donors (Lipinski definition) is 7. The van der Waals surface area contributed by atoms with Crippen LogP contribution in [0.15, 0.2) is 4.99 Å². The monoisotopic (exact) mass is 483 g/mol. The first-order valence-electron chi connectivity index (χ1n) is 11.8. The predicted octanol–water partition coefficient (Wildman–Crippen LogP) is -0.967. The number of nitrogens with one attached hydrogen (secondary N) is 4. The lowest BCUT2D eigenvalue weighted by Gasteiger charge is -2.26. The number of aliphatic carboxylic acids is 1. The molecule has 4 unspecified atom stereocenters. The van der Waals surface area contributed by atoms with E-state index < -0.39 is 35.9 Å². The molecule has 194 valence electrons. The molecule has 1 fully saturated rings. The summed E-state index contributed by atoms with van der Waals surface area (Å²) in [7, 11) is 0. The van der Waals surface area contributed by atoms with Crippen LogP contribution >= 0.6 is 0 Å². The van der Waals surface area contributed by atoms with E-state index in [2.05, 4.69) is 26.3 Å². The lowest BCUT2D eigenvalue weighted by molar-refractivity contribution is -0.143. The van der Waals surface area contributed by atoms with Crippen molar-refractivity contribution in [3.8, 4) is 0 Å². The fraction of sp³-hybridized carbons (Fsp3) is 0.773. The number of guanidine groups is 1. The molecule has 34 heavy (non-hydrogen) atoms. The van der Waals surface area contributed by atoms with Gasteiger partial charge < -0.3 is 37.8 Å². The number of amides is 3.